The van der Waals surface area contributed by atoms with Crippen molar-refractivity contribution >= 4 is 21.6 Å². The van der Waals surface area contributed by atoms with E-state index < -0.39 is 31.0 Å². The molecule has 0 saturated heterocycles. The van der Waals surface area contributed by atoms with E-state index in [9.17, 15) is 30.6 Å². The largest absolute Gasteiger partial charge is 0.504 e. The van der Waals surface area contributed by atoms with Gasteiger partial charge >= 0.3 is 0 Å². The maximum atomic E-state index is 11.7. The molecule has 2 aliphatic rings. The van der Waals surface area contributed by atoms with Crippen LogP contribution in [0.3, 0.4) is 0 Å². The highest BCUT2D eigenvalue weighted by molar-refractivity contribution is 8.76. The SMILES string of the molecule is CNC[C@@H]1CC[C@@H](Oc2cc3c(cc2O)[C@H](CCO)SSC[C@@H](O)[C@@H](Cc2cc(OC)c(O)c(OC)c2)[C@H](O)C[C@@H](OCO)CC3)C[C@H]1CCC(C)C. The Hall–Kier alpha value is -2.10. The van der Waals surface area contributed by atoms with Crippen LogP contribution in [0.5, 0.6) is 28.7 Å². The van der Waals surface area contributed by atoms with Gasteiger partial charge in [0.25, 0.3) is 0 Å². The lowest BCUT2D eigenvalue weighted by atomic mass is 9.75. The maximum Gasteiger partial charge on any atom is 0.200 e. The van der Waals surface area contributed by atoms with Crippen molar-refractivity contribution in [2.24, 2.45) is 23.7 Å². The van der Waals surface area contributed by atoms with Gasteiger partial charge in [0.2, 0.25) is 5.75 Å². The van der Waals surface area contributed by atoms with Crippen molar-refractivity contribution < 1.29 is 49.6 Å². The van der Waals surface area contributed by atoms with E-state index in [0.29, 0.717) is 48.3 Å². The highest BCUT2D eigenvalue weighted by Gasteiger charge is 2.34. The zero-order valence-corrected chi connectivity index (χ0v) is 33.7. The Morgan fingerprint density at radius 2 is 1.60 bits per heavy atom. The fourth-order valence-corrected chi connectivity index (χ4v) is 10.8. The van der Waals surface area contributed by atoms with E-state index in [1.165, 1.54) is 42.2 Å². The van der Waals surface area contributed by atoms with Gasteiger partial charge in [-0.2, -0.15) is 0 Å². The predicted octanol–water partition coefficient (Wildman–Crippen LogP) is 5.99. The van der Waals surface area contributed by atoms with Crippen molar-refractivity contribution in [3.8, 4) is 28.7 Å². The smallest absolute Gasteiger partial charge is 0.200 e. The van der Waals surface area contributed by atoms with Crippen molar-refractivity contribution in [1.29, 1.82) is 0 Å². The number of methoxy groups -OCH3 is 2. The van der Waals surface area contributed by atoms with Crippen LogP contribution in [0.2, 0.25) is 0 Å². The molecule has 1 heterocycles. The van der Waals surface area contributed by atoms with E-state index in [-0.39, 0.29) is 59.6 Å². The Bertz CT molecular complexity index is 1370. The van der Waals surface area contributed by atoms with Crippen LogP contribution < -0.4 is 19.5 Å². The maximum absolute atomic E-state index is 11.7. The molecule has 0 amide bonds. The molecule has 1 aliphatic carbocycles. The Morgan fingerprint density at radius 1 is 0.868 bits per heavy atom. The van der Waals surface area contributed by atoms with Crippen LogP contribution in [0.1, 0.15) is 87.2 Å². The fraction of sp³-hybridized carbons (Fsp3) is 0.700. The van der Waals surface area contributed by atoms with Crippen molar-refractivity contribution in [1.82, 2.24) is 5.32 Å². The third-order valence-corrected chi connectivity index (χ3v) is 13.7. The number of aromatic hydroxyl groups is 2. The molecule has 13 heteroatoms. The summed E-state index contributed by atoms with van der Waals surface area (Å²) in [6.07, 6.45) is 4.59. The molecule has 1 saturated carbocycles. The summed E-state index contributed by atoms with van der Waals surface area (Å²) in [6, 6.07) is 7.03. The summed E-state index contributed by atoms with van der Waals surface area (Å²) in [6.45, 7) is 4.93. The number of nitrogens with one attached hydrogen (secondary N) is 1. The van der Waals surface area contributed by atoms with Crippen LogP contribution in [0.15, 0.2) is 24.3 Å². The number of ether oxygens (including phenoxy) is 4. The van der Waals surface area contributed by atoms with Gasteiger partial charge < -0.3 is 54.9 Å². The van der Waals surface area contributed by atoms with Crippen LogP contribution in [0.4, 0.5) is 0 Å². The highest BCUT2D eigenvalue weighted by Crippen LogP contribution is 2.47. The second kappa shape index (κ2) is 21.8. The summed E-state index contributed by atoms with van der Waals surface area (Å²) in [4.78, 5) is 0. The molecule has 0 bridgehead atoms. The lowest BCUT2D eigenvalue weighted by molar-refractivity contribution is -0.0808. The van der Waals surface area contributed by atoms with Crippen molar-refractivity contribution in [2.75, 3.05) is 47.0 Å². The fourth-order valence-electron chi connectivity index (χ4n) is 7.93. The Balaban J connectivity index is 1.61. The molecule has 1 aliphatic heterocycles. The van der Waals surface area contributed by atoms with Gasteiger partial charge in [0, 0.05) is 23.5 Å². The van der Waals surface area contributed by atoms with Crippen molar-refractivity contribution in [3.63, 3.8) is 0 Å². The third-order valence-electron chi connectivity index (χ3n) is 10.9. The van der Waals surface area contributed by atoms with Crippen LogP contribution >= 0.6 is 21.6 Å². The predicted molar refractivity (Wildman–Crippen MR) is 211 cm³/mol. The van der Waals surface area contributed by atoms with Gasteiger partial charge in [-0.3, -0.25) is 0 Å². The first-order valence-electron chi connectivity index (χ1n) is 19.1. The topological polar surface area (TPSA) is 170 Å². The number of rotatable bonds is 15. The molecule has 0 aromatic heterocycles. The number of phenols is 2. The molecular weight excluding hydrogens is 719 g/mol. The number of aryl methyl sites for hydroxylation is 1. The number of hydrogen-bond acceptors (Lipinski definition) is 13. The molecule has 0 unspecified atom stereocenters. The first-order chi connectivity index (χ1) is 25.5. The molecule has 2 aromatic rings. The average molecular weight is 782 g/mol. The van der Waals surface area contributed by atoms with Crippen LogP contribution in [-0.4, -0.2) is 102 Å². The number of phenolic OH excluding ortho intramolecular Hbond substituents is 2. The van der Waals surface area contributed by atoms with E-state index in [0.717, 1.165) is 43.4 Å². The lowest BCUT2D eigenvalue weighted by Gasteiger charge is -2.37. The first kappa shape index (κ1) is 43.6. The van der Waals surface area contributed by atoms with Gasteiger partial charge in [0.05, 0.1) is 38.6 Å². The molecule has 0 radical (unpaired) electrons. The van der Waals surface area contributed by atoms with Crippen molar-refractivity contribution in [3.05, 3.63) is 41.0 Å². The van der Waals surface area contributed by atoms with Gasteiger partial charge in [-0.25, -0.2) is 0 Å². The molecule has 8 atom stereocenters. The first-order valence-corrected chi connectivity index (χ1v) is 21.5. The zero-order valence-electron chi connectivity index (χ0n) is 32.0. The summed E-state index contributed by atoms with van der Waals surface area (Å²) in [5.74, 6) is 2.28. The number of aliphatic hydroxyl groups is 4. The van der Waals surface area contributed by atoms with Gasteiger partial charge in [-0.05, 0) is 130 Å². The van der Waals surface area contributed by atoms with Crippen LogP contribution in [-0.2, 0) is 17.6 Å². The number of aliphatic hydroxyl groups excluding tert-OH is 4. The summed E-state index contributed by atoms with van der Waals surface area (Å²) < 4.78 is 23.1. The molecule has 1 fully saturated rings. The monoisotopic (exact) mass is 781 g/mol. The molecule has 0 spiro atoms. The van der Waals surface area contributed by atoms with Crippen molar-refractivity contribution in [2.45, 2.75) is 108 Å². The molecule has 300 valence electrons. The Morgan fingerprint density at radius 3 is 2.25 bits per heavy atom. The second-order valence-electron chi connectivity index (χ2n) is 15.0. The van der Waals surface area contributed by atoms with E-state index in [1.54, 1.807) is 18.2 Å². The number of benzene rings is 2. The van der Waals surface area contributed by atoms with Gasteiger partial charge in [-0.1, -0.05) is 41.9 Å². The third kappa shape index (κ3) is 12.4. The molecule has 53 heavy (non-hydrogen) atoms. The summed E-state index contributed by atoms with van der Waals surface area (Å²) in [5.41, 5.74) is 2.53. The van der Waals surface area contributed by atoms with Crippen LogP contribution in [0.25, 0.3) is 0 Å². The molecule has 7 N–H and O–H groups in total. The molecular formula is C40H63NO10S2. The van der Waals surface area contributed by atoms with E-state index in [2.05, 4.69) is 19.2 Å². The lowest BCUT2D eigenvalue weighted by Crippen LogP contribution is -2.38. The van der Waals surface area contributed by atoms with E-state index in [1.807, 2.05) is 13.1 Å². The molecule has 4 rings (SSSR count). The average Bonchev–Trinajstić information content (AvgIpc) is 3.14. The zero-order chi connectivity index (χ0) is 38.5. The minimum absolute atomic E-state index is 0.00953. The molecule has 11 nitrogen and oxygen atoms in total. The summed E-state index contributed by atoms with van der Waals surface area (Å²) in [7, 11) is 7.88. The summed E-state index contributed by atoms with van der Waals surface area (Å²) in [5, 5.41) is 68.2. The van der Waals surface area contributed by atoms with Gasteiger partial charge in [0.1, 0.15) is 6.79 Å². The standard InChI is InChI=1S/C40H63NO10S2/c1-24(2)6-7-26-17-30(11-9-28(26)21-41-3)51-36-18-27-8-10-29(50-23-43)19-33(44)32(14-25-15-37(48-4)40(47)38(16-25)49-5)35(46)22-52-53-39(12-13-42)31(27)20-34(36)45/h15-16,18,20,24,26,28-30,32-33,35,39,41-47H,6-14,17,19,21-23H2,1-5H3/t26-,28+,29+,30-,32+,33-,35-,39+/m1/s1. The Labute approximate surface area is 323 Å². The minimum Gasteiger partial charge on any atom is -0.504 e. The quantitative estimate of drug-likeness (QED) is 0.0832. The Kier molecular flexibility index (Phi) is 18.0. The number of fused-ring (bicyclic) bond motifs is 1. The highest BCUT2D eigenvalue weighted by atomic mass is 33.1. The minimum atomic E-state index is -0.994. The van der Waals surface area contributed by atoms with E-state index in [4.69, 9.17) is 18.9 Å². The number of hydrogen-bond donors (Lipinski definition) is 7. The molecule has 2 aromatic carbocycles. The van der Waals surface area contributed by atoms with Gasteiger partial charge in [0.15, 0.2) is 23.0 Å². The van der Waals surface area contributed by atoms with E-state index >= 15 is 0 Å². The normalized spacial score (nSPS) is 27.3. The van der Waals surface area contributed by atoms with Crippen LogP contribution in [0, 0.1) is 23.7 Å². The summed E-state index contributed by atoms with van der Waals surface area (Å²) >= 11 is 0. The second-order valence-corrected chi connectivity index (χ2v) is 17.7. The van der Waals surface area contributed by atoms with Gasteiger partial charge in [-0.15, -0.1) is 0 Å².